The molecule has 0 spiro atoms. The Morgan fingerprint density at radius 2 is 1.88 bits per heavy atom. The van der Waals surface area contributed by atoms with Crippen LogP contribution in [0.1, 0.15) is 12.0 Å². The molecule has 0 aliphatic heterocycles. The van der Waals surface area contributed by atoms with Gasteiger partial charge in [0.1, 0.15) is 23.7 Å². The molecule has 0 aliphatic rings. The zero-order valence-corrected chi connectivity index (χ0v) is 18.8. The average Bonchev–Trinajstić information content (AvgIpc) is 2.85. The van der Waals surface area contributed by atoms with Crippen LogP contribution in [0.4, 0.5) is 15.9 Å². The molecule has 34 heavy (non-hydrogen) atoms. The highest BCUT2D eigenvalue weighted by Gasteiger charge is 2.13. The molecule has 0 saturated carbocycles. The summed E-state index contributed by atoms with van der Waals surface area (Å²) in [4.78, 5) is 19.8. The number of fused-ring (bicyclic) bond motifs is 1. The van der Waals surface area contributed by atoms with Crippen LogP contribution >= 0.6 is 11.6 Å². The predicted molar refractivity (Wildman–Crippen MR) is 126 cm³/mol. The lowest BCUT2D eigenvalue weighted by Gasteiger charge is -2.14. The Kier molecular flexibility index (Phi) is 7.05. The first-order valence-electron chi connectivity index (χ1n) is 10.2. The van der Waals surface area contributed by atoms with Crippen LogP contribution in [0.15, 0.2) is 60.9 Å². The monoisotopic (exact) mass is 482 g/mol. The molecule has 4 rings (SSSR count). The third-order valence-corrected chi connectivity index (χ3v) is 5.31. The lowest BCUT2D eigenvalue weighted by atomic mass is 10.1. The summed E-state index contributed by atoms with van der Waals surface area (Å²) in [6.07, 6.45) is 2.06. The number of hydroxylamine groups is 1. The van der Waals surface area contributed by atoms with Gasteiger partial charge in [-0.25, -0.2) is 19.8 Å². The largest absolute Gasteiger partial charge is 0.493 e. The molecule has 3 N–H and O–H groups in total. The fourth-order valence-corrected chi connectivity index (χ4v) is 3.46. The van der Waals surface area contributed by atoms with E-state index in [0.29, 0.717) is 46.1 Å². The number of hydrogen-bond acceptors (Lipinski definition) is 7. The number of amides is 1. The number of halogens is 2. The fourth-order valence-electron chi connectivity index (χ4n) is 3.28. The summed E-state index contributed by atoms with van der Waals surface area (Å²) in [5, 5.41) is 12.4. The molecule has 10 heteroatoms. The Bertz CT molecular complexity index is 1330. The van der Waals surface area contributed by atoms with Gasteiger partial charge in [-0.15, -0.1) is 0 Å². The number of benzene rings is 3. The minimum atomic E-state index is -0.511. The van der Waals surface area contributed by atoms with Crippen molar-refractivity contribution in [2.75, 3.05) is 12.4 Å². The standard InChI is InChI=1S/C24H20ClFN4O4/c1-33-21-12-20-17(24(28-13-27-20)29-15-5-8-19(26)18(25)10-15)11-22(21)34-16-6-2-14(3-7-16)4-9-23(31)30-32/h2-3,5-8,10-13,32H,4,9H2,1H3,(H,30,31)(H,27,28,29). The highest BCUT2D eigenvalue weighted by molar-refractivity contribution is 6.31. The smallest absolute Gasteiger partial charge is 0.243 e. The molecule has 0 unspecified atom stereocenters. The van der Waals surface area contributed by atoms with E-state index in [9.17, 15) is 9.18 Å². The molecule has 0 saturated heterocycles. The van der Waals surface area contributed by atoms with Gasteiger partial charge >= 0.3 is 0 Å². The van der Waals surface area contributed by atoms with Crippen molar-refractivity contribution in [3.05, 3.63) is 77.3 Å². The van der Waals surface area contributed by atoms with Crippen molar-refractivity contribution in [1.29, 1.82) is 0 Å². The maximum atomic E-state index is 13.5. The van der Waals surface area contributed by atoms with Gasteiger partial charge in [0.2, 0.25) is 5.91 Å². The number of aryl methyl sites for hydroxylation is 1. The number of nitrogens with one attached hydrogen (secondary N) is 2. The highest BCUT2D eigenvalue weighted by atomic mass is 35.5. The second-order valence-corrected chi connectivity index (χ2v) is 7.68. The van der Waals surface area contributed by atoms with Crippen LogP contribution in [0.3, 0.4) is 0 Å². The van der Waals surface area contributed by atoms with Crippen LogP contribution in [0, 0.1) is 5.82 Å². The number of carbonyl (C=O) groups is 1. The minimum Gasteiger partial charge on any atom is -0.493 e. The molecular formula is C24H20ClFN4O4. The van der Waals surface area contributed by atoms with Crippen LogP contribution in [0.2, 0.25) is 5.02 Å². The number of methoxy groups -OCH3 is 1. The van der Waals surface area contributed by atoms with Crippen molar-refractivity contribution < 1.29 is 23.9 Å². The van der Waals surface area contributed by atoms with E-state index in [-0.39, 0.29) is 11.4 Å². The van der Waals surface area contributed by atoms with E-state index in [1.807, 2.05) is 12.1 Å². The van der Waals surface area contributed by atoms with Crippen LogP contribution in [-0.4, -0.2) is 28.2 Å². The second-order valence-electron chi connectivity index (χ2n) is 7.28. The number of rotatable bonds is 8. The quantitative estimate of drug-likeness (QED) is 0.228. The summed E-state index contributed by atoms with van der Waals surface area (Å²) in [5.41, 5.74) is 3.71. The van der Waals surface area contributed by atoms with E-state index in [1.54, 1.807) is 35.8 Å². The number of ether oxygens (including phenoxy) is 2. The maximum absolute atomic E-state index is 13.5. The van der Waals surface area contributed by atoms with Crippen LogP contribution in [0.5, 0.6) is 17.2 Å². The van der Waals surface area contributed by atoms with E-state index in [2.05, 4.69) is 15.3 Å². The third-order valence-electron chi connectivity index (χ3n) is 5.02. The summed E-state index contributed by atoms with van der Waals surface area (Å²) >= 11 is 5.89. The zero-order valence-electron chi connectivity index (χ0n) is 18.0. The number of hydrogen-bond donors (Lipinski definition) is 3. The lowest BCUT2D eigenvalue weighted by molar-refractivity contribution is -0.129. The molecular weight excluding hydrogens is 463 g/mol. The Labute approximate surface area is 199 Å². The lowest BCUT2D eigenvalue weighted by Crippen LogP contribution is -2.18. The van der Waals surface area contributed by atoms with Crippen molar-refractivity contribution in [2.45, 2.75) is 12.8 Å². The van der Waals surface area contributed by atoms with Gasteiger partial charge in [0.15, 0.2) is 11.5 Å². The van der Waals surface area contributed by atoms with Crippen molar-refractivity contribution in [2.24, 2.45) is 0 Å². The van der Waals surface area contributed by atoms with Gasteiger partial charge in [0.25, 0.3) is 0 Å². The Morgan fingerprint density at radius 1 is 1.09 bits per heavy atom. The van der Waals surface area contributed by atoms with E-state index >= 15 is 0 Å². The van der Waals surface area contributed by atoms with Crippen LogP contribution < -0.4 is 20.3 Å². The number of anilines is 2. The van der Waals surface area contributed by atoms with Crippen molar-refractivity contribution >= 4 is 39.9 Å². The molecule has 0 bridgehead atoms. The first kappa shape index (κ1) is 23.2. The predicted octanol–water partition coefficient (Wildman–Crippen LogP) is 5.40. The first-order valence-corrected chi connectivity index (χ1v) is 10.6. The van der Waals surface area contributed by atoms with Gasteiger partial charge in [-0.05, 0) is 48.4 Å². The van der Waals surface area contributed by atoms with Gasteiger partial charge in [0.05, 0.1) is 17.6 Å². The SMILES string of the molecule is COc1cc2ncnc(Nc3ccc(F)c(Cl)c3)c2cc1Oc1ccc(CCC(=O)NO)cc1. The molecule has 3 aromatic carbocycles. The summed E-state index contributed by atoms with van der Waals surface area (Å²) in [6, 6.07) is 15.0. The maximum Gasteiger partial charge on any atom is 0.243 e. The Hall–Kier alpha value is -3.95. The molecule has 8 nitrogen and oxygen atoms in total. The second kappa shape index (κ2) is 10.3. The topological polar surface area (TPSA) is 106 Å². The van der Waals surface area contributed by atoms with Crippen molar-refractivity contribution in [3.8, 4) is 17.2 Å². The van der Waals surface area contributed by atoms with Gasteiger partial charge in [0, 0.05) is 23.6 Å². The minimum absolute atomic E-state index is 0.00510. The molecule has 1 aromatic heterocycles. The summed E-state index contributed by atoms with van der Waals surface area (Å²) in [7, 11) is 1.53. The Morgan fingerprint density at radius 3 is 2.59 bits per heavy atom. The van der Waals surface area contributed by atoms with E-state index in [0.717, 1.165) is 5.56 Å². The molecule has 0 radical (unpaired) electrons. The van der Waals surface area contributed by atoms with E-state index in [1.165, 1.54) is 25.6 Å². The van der Waals surface area contributed by atoms with Crippen LogP contribution in [-0.2, 0) is 11.2 Å². The fraction of sp³-hybridized carbons (Fsp3) is 0.125. The summed E-state index contributed by atoms with van der Waals surface area (Å²) < 4.78 is 25.0. The summed E-state index contributed by atoms with van der Waals surface area (Å²) in [6.45, 7) is 0. The molecule has 0 aliphatic carbocycles. The summed E-state index contributed by atoms with van der Waals surface area (Å²) in [5.74, 6) is 1.00. The molecule has 4 aromatic rings. The van der Waals surface area contributed by atoms with Gasteiger partial charge < -0.3 is 14.8 Å². The number of aromatic nitrogens is 2. The van der Waals surface area contributed by atoms with Crippen molar-refractivity contribution in [3.63, 3.8) is 0 Å². The molecule has 0 atom stereocenters. The van der Waals surface area contributed by atoms with E-state index < -0.39 is 11.7 Å². The molecule has 0 fully saturated rings. The molecule has 1 heterocycles. The Balaban J connectivity index is 1.61. The van der Waals surface area contributed by atoms with E-state index in [4.69, 9.17) is 26.3 Å². The molecule has 1 amide bonds. The van der Waals surface area contributed by atoms with Gasteiger partial charge in [-0.1, -0.05) is 23.7 Å². The number of nitrogens with zero attached hydrogens (tertiary/aromatic N) is 2. The third kappa shape index (κ3) is 5.33. The average molecular weight is 483 g/mol. The van der Waals surface area contributed by atoms with Gasteiger partial charge in [-0.3, -0.25) is 10.0 Å². The normalized spacial score (nSPS) is 10.7. The van der Waals surface area contributed by atoms with Gasteiger partial charge in [-0.2, -0.15) is 0 Å². The highest BCUT2D eigenvalue weighted by Crippen LogP contribution is 2.37. The zero-order chi connectivity index (χ0) is 24.1. The van der Waals surface area contributed by atoms with Crippen LogP contribution in [0.25, 0.3) is 10.9 Å². The first-order chi connectivity index (χ1) is 16.5. The molecule has 174 valence electrons. The number of carbonyl (C=O) groups excluding carboxylic acids is 1. The van der Waals surface area contributed by atoms with Crippen molar-refractivity contribution in [1.82, 2.24) is 15.4 Å².